The molecule has 1 aliphatic heterocycles. The van der Waals surface area contributed by atoms with Gasteiger partial charge in [0.25, 0.3) is 0 Å². The highest BCUT2D eigenvalue weighted by Crippen LogP contribution is 2.27. The number of rotatable bonds is 2. The van der Waals surface area contributed by atoms with Crippen molar-refractivity contribution in [2.24, 2.45) is 4.99 Å². The van der Waals surface area contributed by atoms with Crippen LogP contribution < -0.4 is 5.32 Å². The lowest BCUT2D eigenvalue weighted by molar-refractivity contribution is 0.996. The van der Waals surface area contributed by atoms with Crippen LogP contribution in [0.1, 0.15) is 11.1 Å². The van der Waals surface area contributed by atoms with Crippen LogP contribution in [-0.4, -0.2) is 12.3 Å². The highest BCUT2D eigenvalue weighted by molar-refractivity contribution is 6.07. The maximum absolute atomic E-state index is 4.89. The third-order valence-corrected chi connectivity index (χ3v) is 3.94. The molecule has 4 rings (SSSR count). The summed E-state index contributed by atoms with van der Waals surface area (Å²) in [7, 11) is 0. The highest BCUT2D eigenvalue weighted by atomic mass is 14.9. The van der Waals surface area contributed by atoms with Gasteiger partial charge in [0.2, 0.25) is 0 Å². The average Bonchev–Trinajstić information content (AvgIpc) is 2.62. The van der Waals surface area contributed by atoms with Crippen LogP contribution in [0.15, 0.2) is 84.0 Å². The molecule has 0 aromatic heterocycles. The topological polar surface area (TPSA) is 24.4 Å². The molecule has 22 heavy (non-hydrogen) atoms. The molecule has 1 heterocycles. The minimum Gasteiger partial charge on any atom is -0.383 e. The molecule has 0 fully saturated rings. The van der Waals surface area contributed by atoms with Gasteiger partial charge >= 0.3 is 0 Å². The van der Waals surface area contributed by atoms with E-state index in [1.807, 2.05) is 24.4 Å². The van der Waals surface area contributed by atoms with Crippen LogP contribution in [0.2, 0.25) is 0 Å². The maximum Gasteiger partial charge on any atom is 0.0869 e. The Morgan fingerprint density at radius 2 is 1.55 bits per heavy atom. The van der Waals surface area contributed by atoms with E-state index >= 15 is 0 Å². The van der Waals surface area contributed by atoms with Crippen LogP contribution in [0.5, 0.6) is 0 Å². The number of fused-ring (bicyclic) bond motifs is 1. The Kier molecular flexibility index (Phi) is 3.20. The Morgan fingerprint density at radius 3 is 2.45 bits per heavy atom. The zero-order valence-electron chi connectivity index (χ0n) is 12.2. The summed E-state index contributed by atoms with van der Waals surface area (Å²) in [5.74, 6) is 0. The molecule has 1 aliphatic rings. The van der Waals surface area contributed by atoms with E-state index in [0.29, 0.717) is 0 Å². The van der Waals surface area contributed by atoms with Gasteiger partial charge in [0, 0.05) is 11.8 Å². The van der Waals surface area contributed by atoms with Crippen molar-refractivity contribution in [3.63, 3.8) is 0 Å². The second-order valence-electron chi connectivity index (χ2n) is 5.36. The molecule has 2 nitrogen and oxygen atoms in total. The SMILES string of the molecule is C1=C(c2cccc3ccccc23)N=C(c2ccccc2)CN1. The van der Waals surface area contributed by atoms with Crippen LogP contribution in [0.25, 0.3) is 16.5 Å². The van der Waals surface area contributed by atoms with Gasteiger partial charge in [-0.05, 0) is 16.3 Å². The number of hydrogen-bond donors (Lipinski definition) is 1. The molecule has 1 N–H and O–H groups in total. The lowest BCUT2D eigenvalue weighted by Crippen LogP contribution is -2.23. The van der Waals surface area contributed by atoms with Gasteiger partial charge in [-0.1, -0.05) is 72.8 Å². The second kappa shape index (κ2) is 5.49. The Bertz CT molecular complexity index is 871. The lowest BCUT2D eigenvalue weighted by atomic mass is 10.0. The lowest BCUT2D eigenvalue weighted by Gasteiger charge is -2.16. The minimum atomic E-state index is 0.762. The molecule has 0 aliphatic carbocycles. The molecule has 0 unspecified atom stereocenters. The van der Waals surface area contributed by atoms with Crippen LogP contribution in [-0.2, 0) is 0 Å². The van der Waals surface area contributed by atoms with Gasteiger partial charge in [0.15, 0.2) is 0 Å². The van der Waals surface area contributed by atoms with Crippen molar-refractivity contribution in [2.45, 2.75) is 0 Å². The molecule has 2 heteroatoms. The summed E-state index contributed by atoms with van der Waals surface area (Å²) >= 11 is 0. The van der Waals surface area contributed by atoms with Crippen LogP contribution in [0.4, 0.5) is 0 Å². The molecule has 0 radical (unpaired) electrons. The van der Waals surface area contributed by atoms with Gasteiger partial charge in [-0.2, -0.15) is 0 Å². The minimum absolute atomic E-state index is 0.762. The van der Waals surface area contributed by atoms with Gasteiger partial charge in [-0.25, -0.2) is 4.99 Å². The fourth-order valence-corrected chi connectivity index (χ4v) is 2.85. The first kappa shape index (κ1) is 12.8. The number of nitrogens with one attached hydrogen (secondary N) is 1. The molecule has 0 saturated heterocycles. The largest absolute Gasteiger partial charge is 0.383 e. The van der Waals surface area contributed by atoms with Crippen LogP contribution >= 0.6 is 0 Å². The Balaban J connectivity index is 1.82. The Hall–Kier alpha value is -2.87. The van der Waals surface area contributed by atoms with Gasteiger partial charge in [-0.15, -0.1) is 0 Å². The molecule has 0 atom stereocenters. The third kappa shape index (κ3) is 2.29. The van der Waals surface area contributed by atoms with Crippen molar-refractivity contribution in [2.75, 3.05) is 6.54 Å². The van der Waals surface area contributed by atoms with Crippen molar-refractivity contribution >= 4 is 22.2 Å². The van der Waals surface area contributed by atoms with E-state index in [1.54, 1.807) is 0 Å². The monoisotopic (exact) mass is 284 g/mol. The fraction of sp³-hybridized carbons (Fsp3) is 0.0500. The van der Waals surface area contributed by atoms with E-state index < -0.39 is 0 Å². The Labute approximate surface area is 129 Å². The predicted molar refractivity (Wildman–Crippen MR) is 92.9 cm³/mol. The quantitative estimate of drug-likeness (QED) is 0.748. The number of benzene rings is 3. The van der Waals surface area contributed by atoms with Crippen molar-refractivity contribution in [3.05, 3.63) is 90.1 Å². The normalized spacial score (nSPS) is 14.2. The molecular weight excluding hydrogens is 268 g/mol. The number of aliphatic imine (C=N–C) groups is 1. The summed E-state index contributed by atoms with van der Waals surface area (Å²) in [5, 5.41) is 5.83. The first-order valence-corrected chi connectivity index (χ1v) is 7.46. The standard InChI is InChI=1S/C20H16N2/c1-2-8-16(9-3-1)19-13-21-14-20(22-19)18-12-6-10-15-7-4-5-11-17(15)18/h1-12,14,21H,13H2. The first-order chi connectivity index (χ1) is 10.9. The summed E-state index contributed by atoms with van der Waals surface area (Å²) < 4.78 is 0. The average molecular weight is 284 g/mol. The molecule has 0 amide bonds. The zero-order valence-corrected chi connectivity index (χ0v) is 12.2. The van der Waals surface area contributed by atoms with Gasteiger partial charge in [0.05, 0.1) is 18.0 Å². The smallest absolute Gasteiger partial charge is 0.0869 e. The Morgan fingerprint density at radius 1 is 0.773 bits per heavy atom. The summed E-state index contributed by atoms with van der Waals surface area (Å²) in [6, 6.07) is 25.1. The summed E-state index contributed by atoms with van der Waals surface area (Å²) in [5.41, 5.74) is 4.40. The van der Waals surface area contributed by atoms with Gasteiger partial charge in [-0.3, -0.25) is 0 Å². The van der Waals surface area contributed by atoms with E-state index in [0.717, 1.165) is 18.0 Å². The van der Waals surface area contributed by atoms with Crippen molar-refractivity contribution < 1.29 is 0 Å². The third-order valence-electron chi connectivity index (χ3n) is 3.94. The van der Waals surface area contributed by atoms with Gasteiger partial charge in [0.1, 0.15) is 0 Å². The van der Waals surface area contributed by atoms with E-state index in [-0.39, 0.29) is 0 Å². The fourth-order valence-electron chi connectivity index (χ4n) is 2.85. The summed E-state index contributed by atoms with van der Waals surface area (Å²) in [6.45, 7) is 0.762. The van der Waals surface area contributed by atoms with Crippen molar-refractivity contribution in [1.82, 2.24) is 5.32 Å². The van der Waals surface area contributed by atoms with Crippen LogP contribution in [0.3, 0.4) is 0 Å². The molecule has 3 aromatic rings. The summed E-state index contributed by atoms with van der Waals surface area (Å²) in [6.07, 6.45) is 2.01. The molecule has 3 aromatic carbocycles. The molecule has 0 spiro atoms. The van der Waals surface area contributed by atoms with E-state index in [1.165, 1.54) is 21.9 Å². The van der Waals surface area contributed by atoms with E-state index in [2.05, 4.69) is 59.9 Å². The van der Waals surface area contributed by atoms with Crippen molar-refractivity contribution in [1.29, 1.82) is 0 Å². The molecule has 0 bridgehead atoms. The highest BCUT2D eigenvalue weighted by Gasteiger charge is 2.12. The molecule has 0 saturated carbocycles. The second-order valence-corrected chi connectivity index (χ2v) is 5.36. The summed E-state index contributed by atoms with van der Waals surface area (Å²) in [4.78, 5) is 4.89. The molecule has 106 valence electrons. The predicted octanol–water partition coefficient (Wildman–Crippen LogP) is 4.23. The number of nitrogens with zero attached hydrogens (tertiary/aromatic N) is 1. The zero-order chi connectivity index (χ0) is 14.8. The van der Waals surface area contributed by atoms with Crippen molar-refractivity contribution in [3.8, 4) is 0 Å². The van der Waals surface area contributed by atoms with Gasteiger partial charge < -0.3 is 5.32 Å². The van der Waals surface area contributed by atoms with E-state index in [4.69, 9.17) is 4.99 Å². The first-order valence-electron chi connectivity index (χ1n) is 7.46. The molecular formula is C20H16N2. The van der Waals surface area contributed by atoms with Crippen LogP contribution in [0, 0.1) is 0 Å². The van der Waals surface area contributed by atoms with E-state index in [9.17, 15) is 0 Å². The maximum atomic E-state index is 4.89. The number of hydrogen-bond acceptors (Lipinski definition) is 2.